The molecule has 0 spiro atoms. The molecule has 19 heavy (non-hydrogen) atoms. The molecule has 0 unspecified atom stereocenters. The number of nitrogens with zero attached hydrogens (tertiary/aromatic N) is 4. The Hall–Kier alpha value is -2.38. The van der Waals surface area contributed by atoms with E-state index in [0.717, 1.165) is 12.1 Å². The highest BCUT2D eigenvalue weighted by Gasteiger charge is 2.10. The summed E-state index contributed by atoms with van der Waals surface area (Å²) < 4.78 is 6.56. The van der Waals surface area contributed by atoms with Crippen LogP contribution in [0.25, 0.3) is 0 Å². The van der Waals surface area contributed by atoms with E-state index in [2.05, 4.69) is 25.9 Å². The van der Waals surface area contributed by atoms with Gasteiger partial charge in [-0.25, -0.2) is 4.79 Å². The predicted molar refractivity (Wildman–Crippen MR) is 67.5 cm³/mol. The second-order valence-corrected chi connectivity index (χ2v) is 4.06. The Bertz CT molecular complexity index is 574. The van der Waals surface area contributed by atoms with Gasteiger partial charge in [-0.15, -0.1) is 0 Å². The van der Waals surface area contributed by atoms with Crippen LogP contribution in [-0.2, 0) is 20.0 Å². The molecule has 0 saturated heterocycles. The maximum atomic E-state index is 11.7. The zero-order chi connectivity index (χ0) is 13.8. The topological polar surface area (TPSA) is 97.9 Å². The van der Waals surface area contributed by atoms with Gasteiger partial charge in [0.25, 0.3) is 0 Å². The van der Waals surface area contributed by atoms with Gasteiger partial charge in [0.1, 0.15) is 0 Å². The molecule has 2 aromatic rings. The lowest BCUT2D eigenvalue weighted by Crippen LogP contribution is -2.28. The van der Waals surface area contributed by atoms with E-state index in [0.29, 0.717) is 17.4 Å². The molecule has 0 radical (unpaired) electrons. The third kappa shape index (κ3) is 3.30. The summed E-state index contributed by atoms with van der Waals surface area (Å²) in [5.74, 6) is 0.910. The molecule has 0 aliphatic rings. The normalized spacial score (nSPS) is 10.5. The summed E-state index contributed by atoms with van der Waals surface area (Å²) in [6.45, 7) is 3.89. The van der Waals surface area contributed by atoms with Crippen LogP contribution < -0.4 is 10.6 Å². The van der Waals surface area contributed by atoms with E-state index in [-0.39, 0.29) is 12.6 Å². The molecule has 2 aromatic heterocycles. The van der Waals surface area contributed by atoms with Gasteiger partial charge in [-0.1, -0.05) is 12.1 Å². The van der Waals surface area contributed by atoms with Crippen molar-refractivity contribution in [1.82, 2.24) is 25.2 Å². The standard InChI is InChI=1S/C11H16N6O2/c1-4-8-9(6-17(3)15-8)14-11(18)12-5-10-13-7(2)16-19-10/h6H,4-5H2,1-3H3,(H2,12,14,18). The minimum absolute atomic E-state index is 0.189. The molecule has 0 aliphatic heterocycles. The average molecular weight is 264 g/mol. The number of carbonyl (C=O) groups excluding carboxylic acids is 1. The van der Waals surface area contributed by atoms with Crippen LogP contribution in [0, 0.1) is 6.92 Å². The quantitative estimate of drug-likeness (QED) is 0.858. The van der Waals surface area contributed by atoms with Gasteiger partial charge < -0.3 is 15.2 Å². The lowest BCUT2D eigenvalue weighted by Gasteiger charge is -2.04. The second kappa shape index (κ2) is 5.51. The summed E-state index contributed by atoms with van der Waals surface area (Å²) in [6.07, 6.45) is 2.51. The highest BCUT2D eigenvalue weighted by atomic mass is 16.5. The van der Waals surface area contributed by atoms with Gasteiger partial charge in [-0.05, 0) is 13.3 Å². The van der Waals surface area contributed by atoms with Crippen molar-refractivity contribution in [2.75, 3.05) is 5.32 Å². The predicted octanol–water partition coefficient (Wildman–Crippen LogP) is 0.996. The van der Waals surface area contributed by atoms with Crippen molar-refractivity contribution in [1.29, 1.82) is 0 Å². The summed E-state index contributed by atoms with van der Waals surface area (Å²) in [4.78, 5) is 15.7. The van der Waals surface area contributed by atoms with E-state index in [4.69, 9.17) is 4.52 Å². The lowest BCUT2D eigenvalue weighted by molar-refractivity contribution is 0.249. The number of carbonyl (C=O) groups is 1. The van der Waals surface area contributed by atoms with Crippen LogP contribution in [0.5, 0.6) is 0 Å². The monoisotopic (exact) mass is 264 g/mol. The molecule has 0 aromatic carbocycles. The number of rotatable bonds is 4. The van der Waals surface area contributed by atoms with Crippen LogP contribution >= 0.6 is 0 Å². The first-order valence-electron chi connectivity index (χ1n) is 5.95. The first kappa shape index (κ1) is 13.1. The molecule has 2 N–H and O–H groups in total. The summed E-state index contributed by atoms with van der Waals surface area (Å²) in [5.41, 5.74) is 1.54. The highest BCUT2D eigenvalue weighted by molar-refractivity contribution is 5.89. The number of aromatic nitrogens is 4. The molecule has 0 bridgehead atoms. The van der Waals surface area contributed by atoms with Crippen LogP contribution in [0.2, 0.25) is 0 Å². The van der Waals surface area contributed by atoms with Crippen molar-refractivity contribution in [2.45, 2.75) is 26.8 Å². The van der Waals surface area contributed by atoms with E-state index >= 15 is 0 Å². The fraction of sp³-hybridized carbons (Fsp3) is 0.455. The van der Waals surface area contributed by atoms with E-state index in [9.17, 15) is 4.79 Å². The van der Waals surface area contributed by atoms with Crippen LogP contribution in [-0.4, -0.2) is 26.0 Å². The van der Waals surface area contributed by atoms with Crippen molar-refractivity contribution in [3.05, 3.63) is 23.6 Å². The van der Waals surface area contributed by atoms with Gasteiger partial charge in [-0.3, -0.25) is 4.68 Å². The number of hydrogen-bond acceptors (Lipinski definition) is 5. The maximum absolute atomic E-state index is 11.7. The minimum Gasteiger partial charge on any atom is -0.337 e. The van der Waals surface area contributed by atoms with Gasteiger partial charge in [0, 0.05) is 13.2 Å². The summed E-state index contributed by atoms with van der Waals surface area (Å²) in [6, 6.07) is -0.335. The molecule has 0 fully saturated rings. The zero-order valence-electron chi connectivity index (χ0n) is 11.1. The molecular formula is C11H16N6O2. The van der Waals surface area contributed by atoms with Gasteiger partial charge in [-0.2, -0.15) is 10.1 Å². The molecule has 8 heteroatoms. The first-order chi connectivity index (χ1) is 9.08. The summed E-state index contributed by atoms with van der Waals surface area (Å²) in [5, 5.41) is 13.2. The lowest BCUT2D eigenvalue weighted by atomic mass is 10.3. The highest BCUT2D eigenvalue weighted by Crippen LogP contribution is 2.13. The fourth-order valence-corrected chi connectivity index (χ4v) is 1.63. The third-order valence-corrected chi connectivity index (χ3v) is 2.46. The molecule has 102 valence electrons. The Kier molecular flexibility index (Phi) is 3.79. The van der Waals surface area contributed by atoms with E-state index in [1.807, 2.05) is 14.0 Å². The molecule has 0 aliphatic carbocycles. The minimum atomic E-state index is -0.335. The van der Waals surface area contributed by atoms with Crippen LogP contribution in [0.1, 0.15) is 24.3 Å². The van der Waals surface area contributed by atoms with E-state index < -0.39 is 0 Å². The van der Waals surface area contributed by atoms with E-state index in [1.165, 1.54) is 0 Å². The van der Waals surface area contributed by atoms with Gasteiger partial charge in [0.15, 0.2) is 5.82 Å². The first-order valence-corrected chi connectivity index (χ1v) is 5.95. The number of nitrogens with one attached hydrogen (secondary N) is 2. The Morgan fingerprint density at radius 1 is 1.53 bits per heavy atom. The summed E-state index contributed by atoms with van der Waals surface area (Å²) in [7, 11) is 1.81. The summed E-state index contributed by atoms with van der Waals surface area (Å²) >= 11 is 0. The third-order valence-electron chi connectivity index (χ3n) is 2.46. The molecular weight excluding hydrogens is 248 g/mol. The molecule has 2 rings (SSSR count). The van der Waals surface area contributed by atoms with Crippen molar-refractivity contribution in [3.63, 3.8) is 0 Å². The van der Waals surface area contributed by atoms with Gasteiger partial charge in [0.2, 0.25) is 5.89 Å². The SMILES string of the molecule is CCc1nn(C)cc1NC(=O)NCc1nc(C)no1. The second-order valence-electron chi connectivity index (χ2n) is 4.06. The Balaban J connectivity index is 1.90. The molecule has 2 amide bonds. The number of anilines is 1. The largest absolute Gasteiger partial charge is 0.337 e. The Morgan fingerprint density at radius 2 is 2.32 bits per heavy atom. The molecule has 0 atom stereocenters. The van der Waals surface area contributed by atoms with Gasteiger partial charge >= 0.3 is 6.03 Å². The van der Waals surface area contributed by atoms with Crippen molar-refractivity contribution in [3.8, 4) is 0 Å². The molecule has 8 nitrogen and oxygen atoms in total. The van der Waals surface area contributed by atoms with Crippen LogP contribution in [0.15, 0.2) is 10.7 Å². The van der Waals surface area contributed by atoms with Crippen molar-refractivity contribution >= 4 is 11.7 Å². The Labute approximate surface area is 110 Å². The van der Waals surface area contributed by atoms with Gasteiger partial charge in [0.05, 0.1) is 17.9 Å². The zero-order valence-corrected chi connectivity index (χ0v) is 11.1. The van der Waals surface area contributed by atoms with E-state index in [1.54, 1.807) is 17.8 Å². The Morgan fingerprint density at radius 3 is 2.95 bits per heavy atom. The van der Waals surface area contributed by atoms with Crippen molar-refractivity contribution in [2.24, 2.45) is 7.05 Å². The average Bonchev–Trinajstić information content (AvgIpc) is 2.93. The number of hydrogen-bond donors (Lipinski definition) is 2. The molecule has 0 saturated carbocycles. The maximum Gasteiger partial charge on any atom is 0.319 e. The molecule has 2 heterocycles. The van der Waals surface area contributed by atoms with Crippen LogP contribution in [0.4, 0.5) is 10.5 Å². The number of amides is 2. The smallest absolute Gasteiger partial charge is 0.319 e. The fourth-order valence-electron chi connectivity index (χ4n) is 1.63. The number of urea groups is 1. The van der Waals surface area contributed by atoms with Crippen LogP contribution in [0.3, 0.4) is 0 Å². The number of aryl methyl sites for hydroxylation is 3. The van der Waals surface area contributed by atoms with Crippen molar-refractivity contribution < 1.29 is 9.32 Å².